The number of anilines is 1. The average Bonchev–Trinajstić information content (AvgIpc) is 2.75. The fourth-order valence-electron chi connectivity index (χ4n) is 2.53. The molecule has 0 unspecified atom stereocenters. The molecule has 0 spiro atoms. The van der Waals surface area contributed by atoms with Gasteiger partial charge < -0.3 is 14.8 Å². The van der Waals surface area contributed by atoms with Crippen LogP contribution in [0.4, 0.5) is 5.69 Å². The van der Waals surface area contributed by atoms with E-state index < -0.39 is 0 Å². The molecular formula is C21H20ClN3O3S2. The van der Waals surface area contributed by atoms with Crippen molar-refractivity contribution < 1.29 is 14.3 Å². The zero-order valence-electron chi connectivity index (χ0n) is 16.6. The maximum Gasteiger partial charge on any atom is 0.234 e. The van der Waals surface area contributed by atoms with Gasteiger partial charge in [-0.1, -0.05) is 53.3 Å². The third kappa shape index (κ3) is 5.59. The number of amides is 1. The van der Waals surface area contributed by atoms with E-state index in [1.807, 2.05) is 31.2 Å². The number of thioether (sulfide) groups is 1. The van der Waals surface area contributed by atoms with Gasteiger partial charge in [0.2, 0.25) is 5.91 Å². The van der Waals surface area contributed by atoms with Crippen molar-refractivity contribution in [2.24, 2.45) is 0 Å². The first-order valence-corrected chi connectivity index (χ1v) is 11.1. The molecule has 1 N–H and O–H groups in total. The molecule has 3 aromatic rings. The van der Waals surface area contributed by atoms with Gasteiger partial charge in [0, 0.05) is 23.4 Å². The highest BCUT2D eigenvalue weighted by atomic mass is 35.5. The molecule has 3 rings (SSSR count). The molecule has 6 nitrogen and oxygen atoms in total. The number of nitrogens with zero attached hydrogens (tertiary/aromatic N) is 2. The van der Waals surface area contributed by atoms with E-state index in [-0.39, 0.29) is 11.7 Å². The highest BCUT2D eigenvalue weighted by molar-refractivity contribution is 8.02. The molecule has 2 aromatic carbocycles. The summed E-state index contributed by atoms with van der Waals surface area (Å²) >= 11 is 9.02. The van der Waals surface area contributed by atoms with E-state index in [9.17, 15) is 4.79 Å². The van der Waals surface area contributed by atoms with Gasteiger partial charge in [-0.2, -0.15) is 0 Å². The van der Waals surface area contributed by atoms with Crippen molar-refractivity contribution in [1.82, 2.24) is 9.97 Å². The van der Waals surface area contributed by atoms with Gasteiger partial charge in [-0.3, -0.25) is 4.79 Å². The van der Waals surface area contributed by atoms with Gasteiger partial charge in [0.15, 0.2) is 0 Å². The van der Waals surface area contributed by atoms with E-state index in [4.69, 9.17) is 21.1 Å². The number of halogens is 1. The van der Waals surface area contributed by atoms with Gasteiger partial charge in [0.25, 0.3) is 0 Å². The number of benzene rings is 2. The third-order valence-corrected chi connectivity index (χ3v) is 6.59. The lowest BCUT2D eigenvalue weighted by molar-refractivity contribution is -0.113. The number of methoxy groups -OCH3 is 2. The summed E-state index contributed by atoms with van der Waals surface area (Å²) in [5, 5.41) is 4.66. The van der Waals surface area contributed by atoms with Gasteiger partial charge >= 0.3 is 0 Å². The molecule has 1 amide bonds. The quantitative estimate of drug-likeness (QED) is 0.454. The molecular weight excluding hydrogens is 442 g/mol. The fraction of sp³-hybridized carbons (Fsp3) is 0.190. The van der Waals surface area contributed by atoms with E-state index in [2.05, 4.69) is 15.3 Å². The van der Waals surface area contributed by atoms with Crippen LogP contribution in [0.15, 0.2) is 63.7 Å². The zero-order chi connectivity index (χ0) is 21.5. The number of carbonyl (C=O) groups is 1. The summed E-state index contributed by atoms with van der Waals surface area (Å²) in [7, 11) is 3.03. The Morgan fingerprint density at radius 2 is 1.77 bits per heavy atom. The first kappa shape index (κ1) is 22.3. The molecule has 0 aliphatic carbocycles. The van der Waals surface area contributed by atoms with Crippen LogP contribution in [0.2, 0.25) is 5.02 Å². The second-order valence-electron chi connectivity index (χ2n) is 6.06. The Kier molecular flexibility index (Phi) is 7.84. The number of rotatable bonds is 8. The van der Waals surface area contributed by atoms with Gasteiger partial charge in [-0.15, -0.1) is 0 Å². The summed E-state index contributed by atoms with van der Waals surface area (Å²) < 4.78 is 10.5. The largest absolute Gasteiger partial charge is 0.495 e. The van der Waals surface area contributed by atoms with Crippen LogP contribution in [0.3, 0.4) is 0 Å². The summed E-state index contributed by atoms with van der Waals surface area (Å²) in [5.41, 5.74) is 1.63. The van der Waals surface area contributed by atoms with Gasteiger partial charge in [0.05, 0.1) is 30.7 Å². The smallest absolute Gasteiger partial charge is 0.234 e. The normalized spacial score (nSPS) is 10.5. The van der Waals surface area contributed by atoms with Crippen LogP contribution in [-0.2, 0) is 4.79 Å². The highest BCUT2D eigenvalue weighted by Gasteiger charge is 2.15. The van der Waals surface area contributed by atoms with E-state index in [0.29, 0.717) is 27.2 Å². The van der Waals surface area contributed by atoms with Crippen molar-refractivity contribution in [2.45, 2.75) is 21.9 Å². The minimum absolute atomic E-state index is 0.160. The molecule has 0 saturated heterocycles. The van der Waals surface area contributed by atoms with Gasteiger partial charge in [0.1, 0.15) is 21.6 Å². The lowest BCUT2D eigenvalue weighted by Gasteiger charge is -2.13. The minimum Gasteiger partial charge on any atom is -0.495 e. The molecule has 30 heavy (non-hydrogen) atoms. The number of nitrogens with one attached hydrogen (secondary N) is 1. The maximum atomic E-state index is 12.5. The molecule has 1 heterocycles. The van der Waals surface area contributed by atoms with Gasteiger partial charge in [-0.25, -0.2) is 9.97 Å². The predicted molar refractivity (Wildman–Crippen MR) is 121 cm³/mol. The second kappa shape index (κ2) is 10.6. The summed E-state index contributed by atoms with van der Waals surface area (Å²) in [6, 6.07) is 11.3. The van der Waals surface area contributed by atoms with E-state index in [0.717, 1.165) is 15.5 Å². The van der Waals surface area contributed by atoms with Crippen molar-refractivity contribution in [3.8, 4) is 11.5 Å². The summed E-state index contributed by atoms with van der Waals surface area (Å²) in [6.07, 6.45) is 3.27. The Morgan fingerprint density at radius 1 is 1.07 bits per heavy atom. The monoisotopic (exact) mass is 461 g/mol. The van der Waals surface area contributed by atoms with Crippen LogP contribution in [0.5, 0.6) is 11.5 Å². The van der Waals surface area contributed by atoms with Gasteiger partial charge in [-0.05, 0) is 24.6 Å². The zero-order valence-corrected chi connectivity index (χ0v) is 19.0. The predicted octanol–water partition coefficient (Wildman–Crippen LogP) is 5.34. The van der Waals surface area contributed by atoms with E-state index in [1.54, 1.807) is 24.5 Å². The number of ether oxygens (including phenoxy) is 2. The standard InChI is InChI=1S/C21H20ClN3O3S2/c1-13-6-4-5-7-18(13)30-21-20(23-8-9-24-21)29-12-19(26)25-15-10-14(22)16(27-2)11-17(15)28-3/h4-11H,12H2,1-3H3,(H,25,26). The number of carbonyl (C=O) groups excluding carboxylic acids is 1. The van der Waals surface area contributed by atoms with E-state index in [1.165, 1.54) is 37.7 Å². The van der Waals surface area contributed by atoms with Crippen LogP contribution in [-0.4, -0.2) is 35.8 Å². The second-order valence-corrected chi connectivity index (χ2v) is 8.46. The van der Waals surface area contributed by atoms with Crippen molar-refractivity contribution in [1.29, 1.82) is 0 Å². The number of hydrogen-bond acceptors (Lipinski definition) is 7. The van der Waals surface area contributed by atoms with Crippen LogP contribution in [0, 0.1) is 6.92 Å². The SMILES string of the molecule is COc1cc(OC)c(NC(=O)CSc2nccnc2Sc2ccccc2C)cc1Cl. The Morgan fingerprint density at radius 3 is 2.47 bits per heavy atom. The van der Waals surface area contributed by atoms with Crippen LogP contribution in [0.25, 0.3) is 0 Å². The first-order chi connectivity index (χ1) is 14.5. The number of hydrogen-bond donors (Lipinski definition) is 1. The van der Waals surface area contributed by atoms with Crippen molar-refractivity contribution in [2.75, 3.05) is 25.3 Å². The van der Waals surface area contributed by atoms with E-state index >= 15 is 0 Å². The first-order valence-electron chi connectivity index (χ1n) is 8.90. The van der Waals surface area contributed by atoms with Crippen LogP contribution >= 0.6 is 35.1 Å². The fourth-order valence-corrected chi connectivity index (χ4v) is 4.57. The Bertz CT molecular complexity index is 1050. The summed E-state index contributed by atoms with van der Waals surface area (Å²) in [6.45, 7) is 2.05. The Hall–Kier alpha value is -2.42. The molecule has 0 aliphatic heterocycles. The van der Waals surface area contributed by atoms with Crippen LogP contribution < -0.4 is 14.8 Å². The maximum absolute atomic E-state index is 12.5. The summed E-state index contributed by atoms with van der Waals surface area (Å²) in [5.74, 6) is 0.882. The molecule has 1 aromatic heterocycles. The molecule has 0 saturated carbocycles. The Labute approximate surface area is 188 Å². The number of aromatic nitrogens is 2. The average molecular weight is 462 g/mol. The molecule has 9 heteroatoms. The molecule has 0 radical (unpaired) electrons. The molecule has 0 fully saturated rings. The van der Waals surface area contributed by atoms with Crippen LogP contribution in [0.1, 0.15) is 5.56 Å². The molecule has 0 aliphatic rings. The topological polar surface area (TPSA) is 73.3 Å². The summed E-state index contributed by atoms with van der Waals surface area (Å²) in [4.78, 5) is 22.4. The molecule has 156 valence electrons. The highest BCUT2D eigenvalue weighted by Crippen LogP contribution is 2.37. The van der Waals surface area contributed by atoms with Crippen molar-refractivity contribution in [3.05, 3.63) is 59.4 Å². The molecule has 0 bridgehead atoms. The number of aryl methyl sites for hydroxylation is 1. The third-order valence-electron chi connectivity index (χ3n) is 4.02. The van der Waals surface area contributed by atoms with Crippen molar-refractivity contribution in [3.63, 3.8) is 0 Å². The lowest BCUT2D eigenvalue weighted by atomic mass is 10.2. The lowest BCUT2D eigenvalue weighted by Crippen LogP contribution is -2.15. The van der Waals surface area contributed by atoms with Crippen molar-refractivity contribution >= 4 is 46.7 Å². The Balaban J connectivity index is 1.69. The molecule has 0 atom stereocenters. The minimum atomic E-state index is -0.211.